The van der Waals surface area contributed by atoms with E-state index in [1.165, 1.54) is 53.5 Å². The van der Waals surface area contributed by atoms with E-state index in [1.807, 2.05) is 24.4 Å². The first-order valence-electron chi connectivity index (χ1n) is 37.2. The van der Waals surface area contributed by atoms with E-state index in [9.17, 15) is 35.7 Å². The largest absolute Gasteiger partial charge is 0.504 e. The monoisotopic (exact) mass is 1370 g/mol. The molecule has 1 aromatic heterocycles. The van der Waals surface area contributed by atoms with Crippen molar-refractivity contribution in [2.75, 3.05) is 58.2 Å². The third-order valence-electron chi connectivity index (χ3n) is 26.3. The van der Waals surface area contributed by atoms with Gasteiger partial charge in [0.05, 0.1) is 37.6 Å². The van der Waals surface area contributed by atoms with Crippen LogP contribution in [0.1, 0.15) is 141 Å². The van der Waals surface area contributed by atoms with Crippen molar-refractivity contribution in [1.82, 2.24) is 10.3 Å². The van der Waals surface area contributed by atoms with Crippen LogP contribution < -0.4 is 15.8 Å². The Balaban J connectivity index is 0.892. The van der Waals surface area contributed by atoms with Gasteiger partial charge in [-0.15, -0.1) is 0 Å². The van der Waals surface area contributed by atoms with Gasteiger partial charge in [-0.2, -0.15) is 0 Å². The Morgan fingerprint density at radius 1 is 0.806 bits per heavy atom. The molecule has 15 heteroatoms. The van der Waals surface area contributed by atoms with Gasteiger partial charge in [0.15, 0.2) is 11.5 Å². The van der Waals surface area contributed by atoms with Crippen LogP contribution in [0.5, 0.6) is 11.5 Å². The van der Waals surface area contributed by atoms with Gasteiger partial charge in [0, 0.05) is 121 Å². The van der Waals surface area contributed by atoms with E-state index in [0.29, 0.717) is 93.7 Å². The second-order valence-electron chi connectivity index (χ2n) is 30.9. The predicted molar refractivity (Wildman–Crippen MR) is 388 cm³/mol. The summed E-state index contributed by atoms with van der Waals surface area (Å²) in [6.45, 7) is 2.84. The lowest BCUT2D eigenvalue weighted by Gasteiger charge is -2.70. The van der Waals surface area contributed by atoms with E-state index >= 15 is 0 Å². The van der Waals surface area contributed by atoms with Crippen LogP contribution >= 0.6 is 21.6 Å². The minimum atomic E-state index is -1.10. The third kappa shape index (κ3) is 12.1. The molecule has 4 aromatic rings. The van der Waals surface area contributed by atoms with Crippen molar-refractivity contribution < 1.29 is 50.0 Å². The maximum Gasteiger partial charge on any atom is 0.161 e. The number of aromatic hydroxyl groups is 1. The summed E-state index contributed by atoms with van der Waals surface area (Å²) in [5, 5.41) is 90.4. The summed E-state index contributed by atoms with van der Waals surface area (Å²) in [4.78, 5) is 3.41. The smallest absolute Gasteiger partial charge is 0.161 e. The number of methoxy groups -OCH3 is 1. The first kappa shape index (κ1) is 68.3. The molecule has 15 rings (SSSR count). The highest BCUT2D eigenvalue weighted by Gasteiger charge is 2.71. The molecule has 0 amide bonds. The van der Waals surface area contributed by atoms with E-state index in [0.717, 1.165) is 40.8 Å². The number of aromatic amines is 1. The number of ether oxygens (including phenoxy) is 3. The number of allylic oxidation sites excluding steroid dienone is 8. The number of rotatable bonds is 15. The molecule has 11 aliphatic rings. The van der Waals surface area contributed by atoms with Gasteiger partial charge in [0.1, 0.15) is 11.9 Å². The van der Waals surface area contributed by atoms with Gasteiger partial charge in [0.2, 0.25) is 0 Å². The molecule has 0 radical (unpaired) electrons. The molecular weight excluding hydrogens is 1260 g/mol. The molecule has 2 aliphatic heterocycles. The maximum atomic E-state index is 13.8. The molecule has 2 spiro atoms. The standard InChI is InChI=1S/C83H103N3O10S2/c1-3-48-35-53-38-70(91)73(96-74-39-54(36-56-17-11-30-85-56)57-28-31-86-81(84)67(57)47-98-97-46-55(44-88)80(74)93)41-64(53)65-40-71(92)76-51(37-63(48)65)27-29-82-43-66(49-13-5-4-6-14-49)79-62-23-22-61(59-19-9-10-20-60(59)62)77-58-18-8-7-15-50(58)21-24-68(77)83(79,75(82)45-89)42-52(16-12-33-94-2)78(82)69(90)25-26-72(76)95-34-32-87/h4-6,9-11,13-14,17,19-24,28,30,37-38,41-42,48,50-51,54-55,58,61-62,65-66,68-69,71-72,74-80,85-93H,3,7-8,12,15-16,18,25-26,31-36,39-40,43-47,84H2,1-2H3/t48-,50-,51+,54-,55-,58-,61+,62-,65-,66-,68-,69-,71+,72-,74+,75-,76+,77-,78-,79-,80+,82-,83+/m0/s1. The Bertz CT molecular complexity index is 3760. The number of benzene rings is 3. The molecule has 13 nitrogen and oxygen atoms in total. The van der Waals surface area contributed by atoms with Crippen molar-refractivity contribution in [2.24, 2.45) is 87.6 Å². The minimum Gasteiger partial charge on any atom is -0.504 e. The SMILES string of the molecule is CC[C@H]1Cc2cc(O)c(O[C@@H]3C[C@H](Cc4ccc[nH]4)C4=CCNC(N)=C4CSSC[C@H](CO)[C@H]3O)cc2[C@H]2C[C@@H](O)[C@H]3[C@H](C#C[C@@]45C[C@@H](c6ccccc6)[C@@H]6[C@H]7C=C[C@H](c8ccccc87)[C@@H]7[C@H]8CCCC[C@H]8C=C[C@@H]7[C@]6(C=C(CCCOC)[C@H]4[C@@H](O)CC[C@@H]3OCCO)[C@H]5CO)C=C12. The molecule has 2 saturated carbocycles. The van der Waals surface area contributed by atoms with Gasteiger partial charge in [-0.05, 0) is 182 Å². The Kier molecular flexibility index (Phi) is 20.3. The number of H-pyrrole nitrogens is 1. The summed E-state index contributed by atoms with van der Waals surface area (Å²) in [6.07, 6.45) is 25.7. The van der Waals surface area contributed by atoms with Gasteiger partial charge < -0.3 is 66.0 Å². The highest BCUT2D eigenvalue weighted by atomic mass is 33.1. The Hall–Kier alpha value is -5.48. The van der Waals surface area contributed by atoms with Gasteiger partial charge in [-0.1, -0.05) is 161 Å². The van der Waals surface area contributed by atoms with Crippen molar-refractivity contribution in [3.8, 4) is 23.3 Å². The van der Waals surface area contributed by atoms with Crippen LogP contribution in [-0.2, 0) is 22.3 Å². The maximum absolute atomic E-state index is 13.8. The lowest BCUT2D eigenvalue weighted by Crippen LogP contribution is -2.67. The molecule has 3 aromatic carbocycles. The number of fused-ring (bicyclic) bond motifs is 10. The van der Waals surface area contributed by atoms with E-state index in [1.54, 1.807) is 28.7 Å². The molecule has 4 bridgehead atoms. The van der Waals surface area contributed by atoms with Crippen molar-refractivity contribution in [3.63, 3.8) is 0 Å². The number of aliphatic hydroxyl groups excluding tert-OH is 6. The summed E-state index contributed by atoms with van der Waals surface area (Å²) in [5.41, 5.74) is 16.8. The molecule has 23 atom stereocenters. The summed E-state index contributed by atoms with van der Waals surface area (Å²) >= 11 is 0. The lowest BCUT2D eigenvalue weighted by atomic mass is 9.33. The third-order valence-corrected chi connectivity index (χ3v) is 28.7. The summed E-state index contributed by atoms with van der Waals surface area (Å²) < 4.78 is 19.9. The van der Waals surface area contributed by atoms with Crippen LogP contribution in [0.15, 0.2) is 156 Å². The van der Waals surface area contributed by atoms with Crippen molar-refractivity contribution >= 4 is 21.6 Å². The zero-order chi connectivity index (χ0) is 67.4. The molecule has 3 heterocycles. The van der Waals surface area contributed by atoms with E-state index in [-0.39, 0.29) is 97.1 Å². The van der Waals surface area contributed by atoms with E-state index in [2.05, 4.69) is 132 Å². The number of nitrogens with one attached hydrogen (secondary N) is 2. The highest BCUT2D eigenvalue weighted by molar-refractivity contribution is 8.76. The number of hydrogen-bond acceptors (Lipinski definition) is 14. The van der Waals surface area contributed by atoms with Crippen LogP contribution in [0.2, 0.25) is 0 Å². The lowest BCUT2D eigenvalue weighted by molar-refractivity contribution is -0.154. The molecule has 1 saturated heterocycles. The van der Waals surface area contributed by atoms with Crippen LogP contribution in [0.4, 0.5) is 0 Å². The van der Waals surface area contributed by atoms with Gasteiger partial charge >= 0.3 is 0 Å². The molecule has 522 valence electrons. The molecular formula is C83H103N3O10S2. The van der Waals surface area contributed by atoms with Gasteiger partial charge in [-0.3, -0.25) is 0 Å². The van der Waals surface area contributed by atoms with Gasteiger partial charge in [-0.25, -0.2) is 0 Å². The van der Waals surface area contributed by atoms with Crippen LogP contribution in [-0.4, -0.2) is 129 Å². The van der Waals surface area contributed by atoms with E-state index in [4.69, 9.17) is 19.9 Å². The molecule has 11 N–H and O–H groups in total. The number of aromatic nitrogens is 1. The minimum absolute atomic E-state index is 0.0223. The highest BCUT2D eigenvalue weighted by Crippen LogP contribution is 2.76. The Morgan fingerprint density at radius 2 is 1.62 bits per heavy atom. The first-order valence-corrected chi connectivity index (χ1v) is 39.7. The number of dihydropyridines is 1. The molecule has 0 unspecified atom stereocenters. The second-order valence-corrected chi connectivity index (χ2v) is 33.4. The number of phenols is 1. The van der Waals surface area contributed by atoms with Crippen LogP contribution in [0, 0.1) is 93.7 Å². The summed E-state index contributed by atoms with van der Waals surface area (Å²) in [7, 11) is 5.03. The summed E-state index contributed by atoms with van der Waals surface area (Å²) in [5.74, 6) is 9.01. The number of aliphatic hydroxyl groups is 6. The predicted octanol–water partition coefficient (Wildman–Crippen LogP) is 12.3. The number of nitrogens with two attached hydrogens (primary N) is 1. The van der Waals surface area contributed by atoms with Gasteiger partial charge in [0.25, 0.3) is 0 Å². The zero-order valence-electron chi connectivity index (χ0n) is 57.1. The fraction of sp³-hybridized carbons (Fsp3) is 0.566. The fourth-order valence-electron chi connectivity index (χ4n) is 22.3. The second kappa shape index (κ2) is 29.1. The van der Waals surface area contributed by atoms with Crippen LogP contribution in [0.25, 0.3) is 0 Å². The summed E-state index contributed by atoms with van der Waals surface area (Å²) in [6, 6.07) is 28.4. The van der Waals surface area contributed by atoms with Crippen molar-refractivity contribution in [3.05, 3.63) is 189 Å². The van der Waals surface area contributed by atoms with Crippen LogP contribution in [0.3, 0.4) is 0 Å². The molecule has 98 heavy (non-hydrogen) atoms. The van der Waals surface area contributed by atoms with Crippen molar-refractivity contribution in [1.29, 1.82) is 0 Å². The normalized spacial score (nSPS) is 38.4. The number of hydrogen-bond donors (Lipinski definition) is 10. The Labute approximate surface area is 587 Å². The fourth-order valence-corrected chi connectivity index (χ4v) is 24.8. The molecule has 9 aliphatic carbocycles. The molecule has 3 fully saturated rings. The Morgan fingerprint density at radius 3 is 2.41 bits per heavy atom. The quantitative estimate of drug-likeness (QED) is 0.0232. The van der Waals surface area contributed by atoms with Crippen molar-refractivity contribution in [2.45, 2.75) is 151 Å². The average molecular weight is 1370 g/mol. The first-order chi connectivity index (χ1) is 47.9. The number of phenolic OH excluding ortho intramolecular Hbond substituents is 1. The average Bonchev–Trinajstić information content (AvgIpc) is 0.712. The topological polar surface area (TPSA) is 223 Å². The zero-order valence-corrected chi connectivity index (χ0v) is 58.7. The van der Waals surface area contributed by atoms with E-state index < -0.39 is 65.0 Å².